The van der Waals surface area contributed by atoms with Crippen LogP contribution in [0.2, 0.25) is 0 Å². The number of nitrogens with one attached hydrogen (secondary N) is 1. The van der Waals surface area contributed by atoms with E-state index in [1.165, 1.54) is 0 Å². The van der Waals surface area contributed by atoms with E-state index in [4.69, 9.17) is 9.26 Å². The van der Waals surface area contributed by atoms with Crippen molar-refractivity contribution < 1.29 is 18.8 Å². The molecule has 6 heteroatoms. The van der Waals surface area contributed by atoms with Crippen molar-refractivity contribution >= 4 is 17.7 Å². The lowest BCUT2D eigenvalue weighted by Crippen LogP contribution is -2.38. The summed E-state index contributed by atoms with van der Waals surface area (Å²) in [5, 5.41) is 6.25. The van der Waals surface area contributed by atoms with Gasteiger partial charge in [-0.15, -0.1) is 0 Å². The summed E-state index contributed by atoms with van der Waals surface area (Å²) in [6.45, 7) is 3.63. The van der Waals surface area contributed by atoms with E-state index in [-0.39, 0.29) is 0 Å². The Hall–Kier alpha value is -2.63. The molecule has 2 aromatic rings. The molecule has 0 fully saturated rings. The molecule has 1 aromatic heterocycles. The van der Waals surface area contributed by atoms with E-state index in [9.17, 15) is 9.59 Å². The number of hydrogen-bond acceptors (Lipinski definition) is 5. The maximum atomic E-state index is 12.1. The molecule has 0 spiro atoms. The summed E-state index contributed by atoms with van der Waals surface area (Å²) in [5.74, 6) is 0.00863. The fraction of sp³-hybridized carbons (Fsp3) is 0.267. The van der Waals surface area contributed by atoms with E-state index in [0.29, 0.717) is 23.6 Å². The predicted molar refractivity (Wildman–Crippen MR) is 74.0 cm³/mol. The molecule has 0 bridgehead atoms. The third kappa shape index (κ3) is 2.65. The summed E-state index contributed by atoms with van der Waals surface area (Å²) in [6, 6.07) is 7.13. The van der Waals surface area contributed by atoms with Gasteiger partial charge in [0, 0.05) is 12.5 Å². The number of nitrogens with zero attached hydrogens (tertiary/aromatic N) is 1. The van der Waals surface area contributed by atoms with Gasteiger partial charge in [-0.2, -0.15) is 0 Å². The van der Waals surface area contributed by atoms with Crippen LogP contribution in [0.1, 0.15) is 27.2 Å². The Balaban J connectivity index is 1.77. The molecule has 2 heterocycles. The average Bonchev–Trinajstić information content (AvgIpc) is 2.84. The Morgan fingerprint density at radius 1 is 1.33 bits per heavy atom. The zero-order valence-electron chi connectivity index (χ0n) is 11.7. The van der Waals surface area contributed by atoms with Crippen LogP contribution in [0.25, 0.3) is 0 Å². The highest BCUT2D eigenvalue weighted by Gasteiger charge is 2.31. The molecule has 21 heavy (non-hydrogen) atoms. The molecule has 0 saturated heterocycles. The maximum absolute atomic E-state index is 12.1. The summed E-state index contributed by atoms with van der Waals surface area (Å²) in [6.07, 6.45) is -0.506. The highest BCUT2D eigenvalue weighted by atomic mass is 16.5. The lowest BCUT2D eigenvalue weighted by atomic mass is 9.96. The summed E-state index contributed by atoms with van der Waals surface area (Å²) in [4.78, 5) is 24.1. The standard InChI is InChI=1S/C15H14N2O4/c1-8-3-4-10-7-12(20-15(19)11(10)5-8)14(18)16-13-6-9(2)21-17-13/h3-6,12H,7H2,1-2H3,(H,16,17,18). The van der Waals surface area contributed by atoms with Gasteiger partial charge < -0.3 is 14.6 Å². The van der Waals surface area contributed by atoms with E-state index in [0.717, 1.165) is 11.1 Å². The molecule has 1 atom stereocenters. The lowest BCUT2D eigenvalue weighted by Gasteiger charge is -2.23. The van der Waals surface area contributed by atoms with Crippen LogP contribution in [-0.4, -0.2) is 23.1 Å². The highest BCUT2D eigenvalue weighted by molar-refractivity contribution is 5.99. The fourth-order valence-corrected chi connectivity index (χ4v) is 2.27. The van der Waals surface area contributed by atoms with Crippen molar-refractivity contribution in [1.29, 1.82) is 0 Å². The van der Waals surface area contributed by atoms with Crippen molar-refractivity contribution in [3.8, 4) is 0 Å². The fourth-order valence-electron chi connectivity index (χ4n) is 2.27. The van der Waals surface area contributed by atoms with Gasteiger partial charge in [-0.05, 0) is 25.5 Å². The largest absolute Gasteiger partial charge is 0.448 e. The lowest BCUT2D eigenvalue weighted by molar-refractivity contribution is -0.125. The monoisotopic (exact) mass is 286 g/mol. The van der Waals surface area contributed by atoms with Gasteiger partial charge in [-0.1, -0.05) is 22.9 Å². The van der Waals surface area contributed by atoms with Gasteiger partial charge in [0.25, 0.3) is 5.91 Å². The van der Waals surface area contributed by atoms with Crippen molar-refractivity contribution in [2.45, 2.75) is 26.4 Å². The second kappa shape index (κ2) is 5.05. The molecule has 108 valence electrons. The smallest absolute Gasteiger partial charge is 0.339 e. The molecule has 6 nitrogen and oxygen atoms in total. The van der Waals surface area contributed by atoms with Crippen molar-refractivity contribution in [2.24, 2.45) is 0 Å². The molecule has 1 aliphatic rings. The number of amides is 1. The van der Waals surface area contributed by atoms with E-state index < -0.39 is 18.0 Å². The van der Waals surface area contributed by atoms with Gasteiger partial charge in [0.05, 0.1) is 5.56 Å². The molecule has 1 unspecified atom stereocenters. The number of aromatic nitrogens is 1. The molecule has 1 N–H and O–H groups in total. The SMILES string of the molecule is Cc1ccc2c(c1)C(=O)OC(C(=O)Nc1cc(C)on1)C2. The summed E-state index contributed by atoms with van der Waals surface area (Å²) in [7, 11) is 0. The number of carbonyl (C=O) groups is 2. The minimum absolute atomic E-state index is 0.309. The second-order valence-corrected chi connectivity index (χ2v) is 5.07. The summed E-state index contributed by atoms with van der Waals surface area (Å²) >= 11 is 0. The van der Waals surface area contributed by atoms with Gasteiger partial charge in [0.1, 0.15) is 5.76 Å². The number of carbonyl (C=O) groups excluding carboxylic acids is 2. The van der Waals surface area contributed by atoms with Gasteiger partial charge in [0.15, 0.2) is 11.9 Å². The molecule has 1 amide bonds. The molecular formula is C15H14N2O4. The van der Waals surface area contributed by atoms with Gasteiger partial charge in [-0.25, -0.2) is 4.79 Å². The molecule has 0 saturated carbocycles. The highest BCUT2D eigenvalue weighted by Crippen LogP contribution is 2.22. The molecule has 1 aliphatic heterocycles. The van der Waals surface area contributed by atoms with E-state index in [1.54, 1.807) is 19.1 Å². The maximum Gasteiger partial charge on any atom is 0.339 e. The number of ether oxygens (including phenoxy) is 1. The number of cyclic esters (lactones) is 1. The van der Waals surface area contributed by atoms with Crippen LogP contribution in [0.4, 0.5) is 5.82 Å². The number of hydrogen-bond donors (Lipinski definition) is 1. The number of fused-ring (bicyclic) bond motifs is 1. The second-order valence-electron chi connectivity index (χ2n) is 5.07. The van der Waals surface area contributed by atoms with Crippen LogP contribution >= 0.6 is 0 Å². The van der Waals surface area contributed by atoms with Crippen LogP contribution in [0.15, 0.2) is 28.8 Å². The number of esters is 1. The van der Waals surface area contributed by atoms with E-state index >= 15 is 0 Å². The number of benzene rings is 1. The number of anilines is 1. The van der Waals surface area contributed by atoms with Crippen LogP contribution in [0, 0.1) is 13.8 Å². The van der Waals surface area contributed by atoms with Crippen molar-refractivity contribution in [2.75, 3.05) is 5.32 Å². The molecule has 3 rings (SSSR count). The van der Waals surface area contributed by atoms with Gasteiger partial charge in [0.2, 0.25) is 0 Å². The molecule has 0 aliphatic carbocycles. The normalized spacial score (nSPS) is 17.0. The van der Waals surface area contributed by atoms with Crippen LogP contribution in [0.5, 0.6) is 0 Å². The van der Waals surface area contributed by atoms with Crippen LogP contribution in [-0.2, 0) is 16.0 Å². The molecular weight excluding hydrogens is 272 g/mol. The van der Waals surface area contributed by atoms with Crippen LogP contribution < -0.4 is 5.32 Å². The first-order chi connectivity index (χ1) is 10.0. The topological polar surface area (TPSA) is 81.4 Å². The summed E-state index contributed by atoms with van der Waals surface area (Å²) < 4.78 is 10.1. The van der Waals surface area contributed by atoms with Crippen molar-refractivity contribution in [1.82, 2.24) is 5.16 Å². The Labute approximate surface area is 121 Å². The third-order valence-electron chi connectivity index (χ3n) is 3.31. The molecule has 0 radical (unpaired) electrons. The predicted octanol–water partition coefficient (Wildman–Crippen LogP) is 2.01. The Kier molecular flexibility index (Phi) is 3.21. The summed E-state index contributed by atoms with van der Waals surface area (Å²) in [5.41, 5.74) is 2.32. The van der Waals surface area contributed by atoms with Crippen molar-refractivity contribution in [3.63, 3.8) is 0 Å². The first-order valence-electron chi connectivity index (χ1n) is 6.57. The molecule has 1 aromatic carbocycles. The first kappa shape index (κ1) is 13.4. The van der Waals surface area contributed by atoms with Gasteiger partial charge in [-0.3, -0.25) is 4.79 Å². The Morgan fingerprint density at radius 3 is 2.86 bits per heavy atom. The average molecular weight is 286 g/mol. The Morgan fingerprint density at radius 2 is 2.14 bits per heavy atom. The minimum Gasteiger partial charge on any atom is -0.448 e. The number of rotatable bonds is 2. The third-order valence-corrected chi connectivity index (χ3v) is 3.31. The van der Waals surface area contributed by atoms with Crippen LogP contribution in [0.3, 0.4) is 0 Å². The minimum atomic E-state index is -0.857. The quantitative estimate of drug-likeness (QED) is 0.854. The zero-order valence-corrected chi connectivity index (χ0v) is 11.7. The van der Waals surface area contributed by atoms with Crippen molar-refractivity contribution in [3.05, 3.63) is 46.7 Å². The van der Waals surface area contributed by atoms with Gasteiger partial charge >= 0.3 is 5.97 Å². The van der Waals surface area contributed by atoms with E-state index in [1.807, 2.05) is 19.1 Å². The first-order valence-corrected chi connectivity index (χ1v) is 6.57. The Bertz CT molecular complexity index is 720. The zero-order chi connectivity index (χ0) is 15.0. The number of aryl methyl sites for hydroxylation is 2. The van der Waals surface area contributed by atoms with E-state index in [2.05, 4.69) is 10.5 Å².